The van der Waals surface area contributed by atoms with Crippen LogP contribution in [0.2, 0.25) is 0 Å². The van der Waals surface area contributed by atoms with Gasteiger partial charge in [-0.3, -0.25) is 19.7 Å². The summed E-state index contributed by atoms with van der Waals surface area (Å²) in [6, 6.07) is 12.5. The third-order valence-corrected chi connectivity index (χ3v) is 3.67. The molecule has 2 rings (SSSR count). The molecule has 0 aromatic heterocycles. The summed E-state index contributed by atoms with van der Waals surface area (Å²) in [5.74, 6) is -0.948. The average molecular weight is 389 g/mol. The molecular formula is C17H13BrN2O4. The number of ketones is 1. The number of nitro groups is 1. The van der Waals surface area contributed by atoms with Crippen LogP contribution in [-0.2, 0) is 9.59 Å². The zero-order valence-electron chi connectivity index (χ0n) is 12.7. The molecule has 0 fully saturated rings. The SMILES string of the molecule is CC(=O)/C(=C\c1ccc(Br)cc1)C(=O)Nc1ccc([N+](=O)[O-])cc1. The highest BCUT2D eigenvalue weighted by molar-refractivity contribution is 9.10. The number of hydrogen-bond donors (Lipinski definition) is 1. The lowest BCUT2D eigenvalue weighted by molar-refractivity contribution is -0.384. The molecule has 1 N–H and O–H groups in total. The minimum absolute atomic E-state index is 0.00400. The molecule has 0 aliphatic carbocycles. The highest BCUT2D eigenvalue weighted by Gasteiger charge is 2.15. The van der Waals surface area contributed by atoms with Crippen molar-refractivity contribution in [2.45, 2.75) is 6.92 Å². The van der Waals surface area contributed by atoms with E-state index in [2.05, 4.69) is 21.2 Å². The number of hydrogen-bond acceptors (Lipinski definition) is 4. The molecule has 2 aromatic rings. The maximum absolute atomic E-state index is 12.3. The fourth-order valence-electron chi connectivity index (χ4n) is 1.92. The first-order valence-electron chi connectivity index (χ1n) is 6.91. The van der Waals surface area contributed by atoms with Gasteiger partial charge in [0.15, 0.2) is 5.78 Å². The van der Waals surface area contributed by atoms with Gasteiger partial charge in [-0.2, -0.15) is 0 Å². The summed E-state index contributed by atoms with van der Waals surface area (Å²) in [5, 5.41) is 13.2. The predicted molar refractivity (Wildman–Crippen MR) is 94.5 cm³/mol. The van der Waals surface area contributed by atoms with Crippen molar-refractivity contribution in [2.75, 3.05) is 5.32 Å². The Labute approximate surface area is 146 Å². The number of amides is 1. The summed E-state index contributed by atoms with van der Waals surface area (Å²) in [4.78, 5) is 34.2. The second-order valence-corrected chi connectivity index (χ2v) is 5.84. The molecule has 7 heteroatoms. The first-order valence-corrected chi connectivity index (χ1v) is 7.70. The number of rotatable bonds is 5. The van der Waals surface area contributed by atoms with Crippen LogP contribution in [0.5, 0.6) is 0 Å². The molecule has 122 valence electrons. The van der Waals surface area contributed by atoms with E-state index in [1.807, 2.05) is 0 Å². The van der Waals surface area contributed by atoms with Crippen molar-refractivity contribution in [3.8, 4) is 0 Å². The molecule has 0 saturated carbocycles. The van der Waals surface area contributed by atoms with Crippen molar-refractivity contribution < 1.29 is 14.5 Å². The van der Waals surface area contributed by atoms with E-state index in [0.717, 1.165) is 4.47 Å². The molecule has 0 unspecified atom stereocenters. The van der Waals surface area contributed by atoms with Gasteiger partial charge in [-0.1, -0.05) is 28.1 Å². The number of anilines is 1. The molecule has 0 radical (unpaired) electrons. The molecule has 0 heterocycles. The third kappa shape index (κ3) is 4.60. The van der Waals surface area contributed by atoms with E-state index in [0.29, 0.717) is 11.3 Å². The normalized spacial score (nSPS) is 11.0. The lowest BCUT2D eigenvalue weighted by Gasteiger charge is -2.07. The van der Waals surface area contributed by atoms with Gasteiger partial charge in [0, 0.05) is 22.3 Å². The maximum Gasteiger partial charge on any atom is 0.269 e. The largest absolute Gasteiger partial charge is 0.322 e. The van der Waals surface area contributed by atoms with Gasteiger partial charge in [0.2, 0.25) is 0 Å². The Kier molecular flexibility index (Phi) is 5.59. The van der Waals surface area contributed by atoms with Crippen LogP contribution in [0.4, 0.5) is 11.4 Å². The average Bonchev–Trinajstić information content (AvgIpc) is 2.54. The molecule has 1 amide bonds. The summed E-state index contributed by atoms with van der Waals surface area (Å²) in [7, 11) is 0. The van der Waals surface area contributed by atoms with Gasteiger partial charge in [0.25, 0.3) is 11.6 Å². The lowest BCUT2D eigenvalue weighted by Crippen LogP contribution is -2.18. The van der Waals surface area contributed by atoms with Crippen LogP contribution in [0.3, 0.4) is 0 Å². The zero-order valence-corrected chi connectivity index (χ0v) is 14.2. The van der Waals surface area contributed by atoms with E-state index in [1.165, 1.54) is 37.3 Å². The highest BCUT2D eigenvalue weighted by Crippen LogP contribution is 2.18. The number of halogens is 1. The second kappa shape index (κ2) is 7.65. The summed E-state index contributed by atoms with van der Waals surface area (Å²) >= 11 is 3.31. The van der Waals surface area contributed by atoms with E-state index in [-0.39, 0.29) is 17.0 Å². The minimum atomic E-state index is -0.570. The lowest BCUT2D eigenvalue weighted by atomic mass is 10.1. The molecule has 0 bridgehead atoms. The summed E-state index contributed by atoms with van der Waals surface area (Å²) in [6.07, 6.45) is 1.50. The van der Waals surface area contributed by atoms with Crippen molar-refractivity contribution in [1.29, 1.82) is 0 Å². The smallest absolute Gasteiger partial charge is 0.269 e. The van der Waals surface area contributed by atoms with Crippen molar-refractivity contribution in [3.05, 3.63) is 74.3 Å². The summed E-state index contributed by atoms with van der Waals surface area (Å²) < 4.78 is 0.888. The van der Waals surface area contributed by atoms with Crippen LogP contribution in [-0.4, -0.2) is 16.6 Å². The Bertz CT molecular complexity index is 811. The number of non-ortho nitro benzene ring substituents is 1. The first-order chi connectivity index (χ1) is 11.4. The van der Waals surface area contributed by atoms with Crippen molar-refractivity contribution in [1.82, 2.24) is 0 Å². The number of Topliss-reactive ketones (excluding diaryl/α,β-unsaturated/α-hetero) is 1. The molecule has 2 aromatic carbocycles. The van der Waals surface area contributed by atoms with Crippen molar-refractivity contribution in [2.24, 2.45) is 0 Å². The van der Waals surface area contributed by atoms with E-state index < -0.39 is 10.8 Å². The minimum Gasteiger partial charge on any atom is -0.322 e. The van der Waals surface area contributed by atoms with Gasteiger partial charge in [-0.25, -0.2) is 0 Å². The Balaban J connectivity index is 2.21. The fraction of sp³-hybridized carbons (Fsp3) is 0.0588. The van der Waals surface area contributed by atoms with Crippen molar-refractivity contribution in [3.63, 3.8) is 0 Å². The molecule has 0 saturated heterocycles. The molecule has 24 heavy (non-hydrogen) atoms. The van der Waals surface area contributed by atoms with E-state index in [4.69, 9.17) is 0 Å². The van der Waals surface area contributed by atoms with Gasteiger partial charge in [0.05, 0.1) is 10.5 Å². The standard InChI is InChI=1S/C17H13BrN2O4/c1-11(21)16(10-12-2-4-13(18)5-3-12)17(22)19-14-6-8-15(9-7-14)20(23)24/h2-10H,1H3,(H,19,22)/b16-10+. The number of nitro benzene ring substituents is 1. The topological polar surface area (TPSA) is 89.3 Å². The van der Waals surface area contributed by atoms with Gasteiger partial charge in [-0.05, 0) is 42.8 Å². The molecule has 0 atom stereocenters. The van der Waals surface area contributed by atoms with Crippen LogP contribution < -0.4 is 5.32 Å². The van der Waals surface area contributed by atoms with E-state index in [9.17, 15) is 19.7 Å². The fourth-order valence-corrected chi connectivity index (χ4v) is 2.18. The molecule has 0 aliphatic rings. The highest BCUT2D eigenvalue weighted by atomic mass is 79.9. The van der Waals surface area contributed by atoms with Gasteiger partial charge in [-0.15, -0.1) is 0 Å². The summed E-state index contributed by atoms with van der Waals surface area (Å²) in [5.41, 5.74) is 0.997. The van der Waals surface area contributed by atoms with Gasteiger partial charge >= 0.3 is 0 Å². The van der Waals surface area contributed by atoms with E-state index in [1.54, 1.807) is 24.3 Å². The maximum atomic E-state index is 12.3. The molecular weight excluding hydrogens is 376 g/mol. The Hall–Kier alpha value is -2.80. The van der Waals surface area contributed by atoms with Crippen LogP contribution in [0.25, 0.3) is 6.08 Å². The van der Waals surface area contributed by atoms with Crippen LogP contribution in [0.15, 0.2) is 58.6 Å². The Morgan fingerprint density at radius 3 is 2.17 bits per heavy atom. The number of nitrogens with one attached hydrogen (secondary N) is 1. The zero-order chi connectivity index (χ0) is 17.7. The van der Waals surface area contributed by atoms with Gasteiger partial charge in [0.1, 0.15) is 0 Å². The number of nitrogens with zero attached hydrogens (tertiary/aromatic N) is 1. The third-order valence-electron chi connectivity index (χ3n) is 3.14. The van der Waals surface area contributed by atoms with Gasteiger partial charge < -0.3 is 5.32 Å². The van der Waals surface area contributed by atoms with Crippen LogP contribution in [0.1, 0.15) is 12.5 Å². The first kappa shape index (κ1) is 17.6. The molecule has 0 spiro atoms. The van der Waals surface area contributed by atoms with Crippen LogP contribution >= 0.6 is 15.9 Å². The number of benzene rings is 2. The number of carbonyl (C=O) groups is 2. The second-order valence-electron chi connectivity index (χ2n) is 4.92. The Morgan fingerprint density at radius 2 is 1.67 bits per heavy atom. The monoisotopic (exact) mass is 388 g/mol. The molecule has 0 aliphatic heterocycles. The van der Waals surface area contributed by atoms with Crippen LogP contribution in [0, 0.1) is 10.1 Å². The summed E-state index contributed by atoms with van der Waals surface area (Å²) in [6.45, 7) is 1.31. The quantitative estimate of drug-likeness (QED) is 0.276. The molecule has 6 nitrogen and oxygen atoms in total. The number of carbonyl (C=O) groups excluding carboxylic acids is 2. The predicted octanol–water partition coefficient (Wildman–Crippen LogP) is 3.97. The Morgan fingerprint density at radius 1 is 1.08 bits per heavy atom. The van der Waals surface area contributed by atoms with E-state index >= 15 is 0 Å². The van der Waals surface area contributed by atoms with Crippen molar-refractivity contribution >= 4 is 45.1 Å².